The highest BCUT2D eigenvalue weighted by atomic mass is 16.5. The molecule has 3 N–H and O–H groups in total. The van der Waals surface area contributed by atoms with Crippen molar-refractivity contribution in [3.8, 4) is 11.5 Å². The SMILES string of the molecule is CCNC(=O)c1cccc(NC(=O)CNc2cc(OC)ccc2OC)c1. The predicted octanol–water partition coefficient (Wildman–Crippen LogP) is 2.50. The van der Waals surface area contributed by atoms with E-state index in [1.807, 2.05) is 6.92 Å². The van der Waals surface area contributed by atoms with E-state index >= 15 is 0 Å². The third-order valence-electron chi connectivity index (χ3n) is 3.59. The van der Waals surface area contributed by atoms with Gasteiger partial charge in [0.2, 0.25) is 5.91 Å². The van der Waals surface area contributed by atoms with E-state index in [1.54, 1.807) is 56.7 Å². The summed E-state index contributed by atoms with van der Waals surface area (Å²) in [6.07, 6.45) is 0. The standard InChI is InChI=1S/C19H23N3O4/c1-4-20-19(24)13-6-5-7-14(10-13)22-18(23)12-21-16-11-15(25-2)8-9-17(16)26-3/h5-11,21H,4,12H2,1-3H3,(H,20,24)(H,22,23). The van der Waals surface area contributed by atoms with Crippen LogP contribution in [-0.4, -0.2) is 39.1 Å². The number of carbonyl (C=O) groups excluding carboxylic acids is 2. The molecule has 2 amide bonds. The van der Waals surface area contributed by atoms with Crippen molar-refractivity contribution in [2.45, 2.75) is 6.92 Å². The maximum absolute atomic E-state index is 12.2. The third kappa shape index (κ3) is 5.14. The molecular weight excluding hydrogens is 334 g/mol. The molecule has 2 aromatic carbocycles. The molecule has 2 aromatic rings. The molecule has 0 unspecified atom stereocenters. The number of anilines is 2. The number of amides is 2. The number of hydrogen-bond donors (Lipinski definition) is 3. The Morgan fingerprint density at radius 1 is 1.04 bits per heavy atom. The molecule has 0 saturated carbocycles. The molecule has 0 heterocycles. The smallest absolute Gasteiger partial charge is 0.251 e. The number of benzene rings is 2. The summed E-state index contributed by atoms with van der Waals surface area (Å²) in [6, 6.07) is 12.1. The number of nitrogens with one attached hydrogen (secondary N) is 3. The van der Waals surface area contributed by atoms with E-state index in [0.717, 1.165) is 0 Å². The van der Waals surface area contributed by atoms with Crippen molar-refractivity contribution in [2.24, 2.45) is 0 Å². The molecule has 26 heavy (non-hydrogen) atoms. The van der Waals surface area contributed by atoms with Crippen LogP contribution in [0.2, 0.25) is 0 Å². The highest BCUT2D eigenvalue weighted by molar-refractivity contribution is 5.98. The third-order valence-corrected chi connectivity index (χ3v) is 3.59. The first-order valence-corrected chi connectivity index (χ1v) is 8.21. The largest absolute Gasteiger partial charge is 0.497 e. The van der Waals surface area contributed by atoms with E-state index in [1.165, 1.54) is 0 Å². The van der Waals surface area contributed by atoms with Gasteiger partial charge in [-0.05, 0) is 37.3 Å². The van der Waals surface area contributed by atoms with Crippen LogP contribution in [0.15, 0.2) is 42.5 Å². The molecule has 0 atom stereocenters. The fourth-order valence-corrected chi connectivity index (χ4v) is 2.33. The molecule has 7 heteroatoms. The Bertz CT molecular complexity index is 777. The van der Waals surface area contributed by atoms with Crippen molar-refractivity contribution in [1.29, 1.82) is 0 Å². The van der Waals surface area contributed by atoms with Gasteiger partial charge in [0.05, 0.1) is 26.5 Å². The molecule has 0 spiro atoms. The highest BCUT2D eigenvalue weighted by Gasteiger charge is 2.09. The van der Waals surface area contributed by atoms with Crippen LogP contribution in [0.25, 0.3) is 0 Å². The minimum Gasteiger partial charge on any atom is -0.497 e. The van der Waals surface area contributed by atoms with Crippen molar-refractivity contribution >= 4 is 23.2 Å². The van der Waals surface area contributed by atoms with E-state index in [2.05, 4.69) is 16.0 Å². The van der Waals surface area contributed by atoms with E-state index in [0.29, 0.717) is 35.0 Å². The average molecular weight is 357 g/mol. The van der Waals surface area contributed by atoms with Crippen molar-refractivity contribution in [1.82, 2.24) is 5.32 Å². The lowest BCUT2D eigenvalue weighted by Crippen LogP contribution is -2.24. The summed E-state index contributed by atoms with van der Waals surface area (Å²) >= 11 is 0. The van der Waals surface area contributed by atoms with Crippen LogP contribution in [0.4, 0.5) is 11.4 Å². The molecule has 0 fully saturated rings. The first-order chi connectivity index (χ1) is 12.6. The number of carbonyl (C=O) groups is 2. The Labute approximate surface area is 152 Å². The van der Waals surface area contributed by atoms with E-state index in [4.69, 9.17) is 9.47 Å². The Morgan fingerprint density at radius 3 is 2.54 bits per heavy atom. The van der Waals surface area contributed by atoms with Gasteiger partial charge in [0.15, 0.2) is 0 Å². The van der Waals surface area contributed by atoms with Gasteiger partial charge in [-0.15, -0.1) is 0 Å². The lowest BCUT2D eigenvalue weighted by Gasteiger charge is -2.13. The second-order valence-corrected chi connectivity index (χ2v) is 5.41. The molecule has 0 aliphatic carbocycles. The lowest BCUT2D eigenvalue weighted by atomic mass is 10.2. The molecule has 0 aliphatic rings. The van der Waals surface area contributed by atoms with Crippen LogP contribution in [0.5, 0.6) is 11.5 Å². The van der Waals surface area contributed by atoms with Crippen LogP contribution >= 0.6 is 0 Å². The van der Waals surface area contributed by atoms with E-state index < -0.39 is 0 Å². The predicted molar refractivity (Wildman–Crippen MR) is 101 cm³/mol. The molecule has 7 nitrogen and oxygen atoms in total. The van der Waals surface area contributed by atoms with Gasteiger partial charge < -0.3 is 25.4 Å². The fraction of sp³-hybridized carbons (Fsp3) is 0.263. The Hall–Kier alpha value is -3.22. The molecule has 0 aromatic heterocycles. The van der Waals surface area contributed by atoms with Crippen molar-refractivity contribution in [3.05, 3.63) is 48.0 Å². The first kappa shape index (κ1) is 19.1. The quantitative estimate of drug-likeness (QED) is 0.675. The first-order valence-electron chi connectivity index (χ1n) is 8.21. The maximum atomic E-state index is 12.2. The summed E-state index contributed by atoms with van der Waals surface area (Å²) in [5, 5.41) is 8.51. The second kappa shape index (κ2) is 9.31. The van der Waals surface area contributed by atoms with Crippen LogP contribution in [0.1, 0.15) is 17.3 Å². The normalized spacial score (nSPS) is 9.96. The summed E-state index contributed by atoms with van der Waals surface area (Å²) in [7, 11) is 3.12. The molecule has 0 bridgehead atoms. The Morgan fingerprint density at radius 2 is 1.85 bits per heavy atom. The zero-order chi connectivity index (χ0) is 18.9. The van der Waals surface area contributed by atoms with Gasteiger partial charge >= 0.3 is 0 Å². The van der Waals surface area contributed by atoms with E-state index in [-0.39, 0.29) is 18.4 Å². The van der Waals surface area contributed by atoms with Crippen molar-refractivity contribution < 1.29 is 19.1 Å². The molecule has 0 saturated heterocycles. The van der Waals surface area contributed by atoms with Crippen LogP contribution in [-0.2, 0) is 4.79 Å². The Kier molecular flexibility index (Phi) is 6.84. The van der Waals surface area contributed by atoms with Gasteiger partial charge in [0, 0.05) is 23.9 Å². The summed E-state index contributed by atoms with van der Waals surface area (Å²) in [5.74, 6) is 0.839. The minimum atomic E-state index is -0.247. The zero-order valence-electron chi connectivity index (χ0n) is 15.1. The second-order valence-electron chi connectivity index (χ2n) is 5.41. The number of ether oxygens (including phenoxy) is 2. The molecule has 0 radical (unpaired) electrons. The van der Waals surface area contributed by atoms with Gasteiger partial charge in [0.25, 0.3) is 5.91 Å². The maximum Gasteiger partial charge on any atom is 0.251 e. The van der Waals surface area contributed by atoms with Gasteiger partial charge in [-0.25, -0.2) is 0 Å². The number of rotatable bonds is 8. The molecule has 0 aliphatic heterocycles. The minimum absolute atomic E-state index is 0.0366. The number of methoxy groups -OCH3 is 2. The fourth-order valence-electron chi connectivity index (χ4n) is 2.33. The molecule has 2 rings (SSSR count). The summed E-state index contributed by atoms with van der Waals surface area (Å²) in [6.45, 7) is 2.43. The highest BCUT2D eigenvalue weighted by Crippen LogP contribution is 2.28. The summed E-state index contributed by atoms with van der Waals surface area (Å²) in [5.41, 5.74) is 1.70. The van der Waals surface area contributed by atoms with Gasteiger partial charge in [-0.3, -0.25) is 9.59 Å². The van der Waals surface area contributed by atoms with E-state index in [9.17, 15) is 9.59 Å². The molecule has 138 valence electrons. The molecular formula is C19H23N3O4. The monoisotopic (exact) mass is 357 g/mol. The summed E-state index contributed by atoms with van der Waals surface area (Å²) in [4.78, 5) is 24.1. The van der Waals surface area contributed by atoms with Crippen LogP contribution in [0.3, 0.4) is 0 Å². The Balaban J connectivity index is 1.99. The zero-order valence-corrected chi connectivity index (χ0v) is 15.1. The summed E-state index contributed by atoms with van der Waals surface area (Å²) < 4.78 is 10.4. The van der Waals surface area contributed by atoms with Crippen LogP contribution < -0.4 is 25.4 Å². The lowest BCUT2D eigenvalue weighted by molar-refractivity contribution is -0.114. The van der Waals surface area contributed by atoms with Gasteiger partial charge in [-0.1, -0.05) is 6.07 Å². The van der Waals surface area contributed by atoms with Gasteiger partial charge in [0.1, 0.15) is 11.5 Å². The number of hydrogen-bond acceptors (Lipinski definition) is 5. The van der Waals surface area contributed by atoms with Gasteiger partial charge in [-0.2, -0.15) is 0 Å². The van der Waals surface area contributed by atoms with Crippen molar-refractivity contribution in [3.63, 3.8) is 0 Å². The van der Waals surface area contributed by atoms with Crippen LogP contribution in [0, 0.1) is 0 Å². The average Bonchev–Trinajstić information content (AvgIpc) is 2.66. The topological polar surface area (TPSA) is 88.7 Å². The van der Waals surface area contributed by atoms with Crippen molar-refractivity contribution in [2.75, 3.05) is 37.9 Å².